The summed E-state index contributed by atoms with van der Waals surface area (Å²) >= 11 is 0.720. The predicted octanol–water partition coefficient (Wildman–Crippen LogP) is 0.629. The normalized spacial score (nSPS) is 24.1. The molecule has 3 N–H and O–H groups in total. The molecule has 0 saturated carbocycles. The maximum atomic E-state index is 12.6. The number of primary sulfonamides is 1. The molecule has 7 nitrogen and oxygen atoms in total. The summed E-state index contributed by atoms with van der Waals surface area (Å²) in [6.07, 6.45) is 1.24. The third-order valence-corrected chi connectivity index (χ3v) is 8.82. The van der Waals surface area contributed by atoms with Gasteiger partial charge in [-0.2, -0.15) is 0 Å². The molecule has 2 atom stereocenters. The van der Waals surface area contributed by atoms with E-state index in [1.807, 2.05) is 6.92 Å². The molecule has 0 radical (unpaired) electrons. The third kappa shape index (κ3) is 3.36. The van der Waals surface area contributed by atoms with Crippen LogP contribution in [0.1, 0.15) is 31.4 Å². The van der Waals surface area contributed by atoms with E-state index in [9.17, 15) is 16.8 Å². The van der Waals surface area contributed by atoms with Gasteiger partial charge in [-0.3, -0.25) is 0 Å². The highest BCUT2D eigenvalue weighted by Gasteiger charge is 2.41. The number of sulfonamides is 1. The summed E-state index contributed by atoms with van der Waals surface area (Å²) < 4.78 is 53.3. The molecule has 126 valence electrons. The fraction of sp³-hybridized carbons (Fsp3) is 0.667. The van der Waals surface area contributed by atoms with Crippen LogP contribution in [0.5, 0.6) is 0 Å². The Morgan fingerprint density at radius 3 is 2.73 bits per heavy atom. The zero-order valence-electron chi connectivity index (χ0n) is 12.4. The summed E-state index contributed by atoms with van der Waals surface area (Å²) in [7, 11) is -6.09. The molecule has 1 aromatic rings. The van der Waals surface area contributed by atoms with Crippen molar-refractivity contribution in [1.82, 2.24) is 5.32 Å². The summed E-state index contributed by atoms with van der Waals surface area (Å²) in [6, 6.07) is 1.16. The van der Waals surface area contributed by atoms with Crippen molar-refractivity contribution in [3.63, 3.8) is 0 Å². The van der Waals surface area contributed by atoms with Gasteiger partial charge in [0.2, 0.25) is 10.0 Å². The van der Waals surface area contributed by atoms with Crippen LogP contribution >= 0.6 is 11.3 Å². The molecule has 0 aromatic carbocycles. The second-order valence-corrected chi connectivity index (χ2v) is 10.5. The lowest BCUT2D eigenvalue weighted by atomic mass is 10.0. The highest BCUT2D eigenvalue weighted by Crippen LogP contribution is 2.42. The Bertz CT molecular complexity index is 739. The molecule has 0 aliphatic carbocycles. The number of sulfone groups is 1. The molecule has 2 unspecified atom stereocenters. The molecule has 2 rings (SSSR count). The molecule has 0 amide bonds. The first-order chi connectivity index (χ1) is 10.2. The minimum absolute atomic E-state index is 0.0781. The van der Waals surface area contributed by atoms with Gasteiger partial charge in [0.05, 0.1) is 11.9 Å². The van der Waals surface area contributed by atoms with E-state index in [0.717, 1.165) is 17.8 Å². The van der Waals surface area contributed by atoms with Crippen molar-refractivity contribution in [2.45, 2.75) is 39.5 Å². The van der Waals surface area contributed by atoms with Crippen molar-refractivity contribution >= 4 is 31.2 Å². The Balaban J connectivity index is 2.54. The van der Waals surface area contributed by atoms with Crippen LogP contribution in [0.3, 0.4) is 0 Å². The lowest BCUT2D eigenvalue weighted by Gasteiger charge is -2.29. The van der Waals surface area contributed by atoms with E-state index >= 15 is 0 Å². The standard InChI is InChI=1S/C12H20N2O5S3/c1-3-4-14-10-5-8(7-19-2)21(15,16)12-9(10)6-11(20-12)22(13,17)18/h6,8,10,14H,3-5,7H2,1-2H3,(H2,13,17,18). The van der Waals surface area contributed by atoms with E-state index in [4.69, 9.17) is 9.88 Å². The fourth-order valence-electron chi connectivity index (χ4n) is 2.49. The van der Waals surface area contributed by atoms with Crippen molar-refractivity contribution in [2.75, 3.05) is 20.3 Å². The Kier molecular flexibility index (Phi) is 5.30. The molecule has 0 saturated heterocycles. The molecule has 22 heavy (non-hydrogen) atoms. The molecule has 1 aliphatic rings. The average molecular weight is 369 g/mol. The average Bonchev–Trinajstić information content (AvgIpc) is 2.87. The van der Waals surface area contributed by atoms with Gasteiger partial charge in [0.25, 0.3) is 0 Å². The molecule has 0 fully saturated rings. The van der Waals surface area contributed by atoms with Gasteiger partial charge in [0.1, 0.15) is 8.42 Å². The maximum absolute atomic E-state index is 12.6. The number of ether oxygens (including phenoxy) is 1. The summed E-state index contributed by atoms with van der Waals surface area (Å²) in [5.41, 5.74) is 0.495. The molecular formula is C12H20N2O5S3. The van der Waals surface area contributed by atoms with Gasteiger partial charge in [-0.05, 0) is 25.5 Å². The number of thiophene rings is 1. The summed E-state index contributed by atoms with van der Waals surface area (Å²) in [5.74, 6) is 0. The number of nitrogens with two attached hydrogens (primary N) is 1. The van der Waals surface area contributed by atoms with Crippen molar-refractivity contribution in [3.05, 3.63) is 11.6 Å². The number of hydrogen-bond acceptors (Lipinski definition) is 7. The zero-order chi connectivity index (χ0) is 16.5. The number of rotatable bonds is 6. The number of hydrogen-bond donors (Lipinski definition) is 2. The number of fused-ring (bicyclic) bond motifs is 1. The van der Waals surface area contributed by atoms with E-state index in [0.29, 0.717) is 18.5 Å². The smallest absolute Gasteiger partial charge is 0.247 e. The van der Waals surface area contributed by atoms with E-state index < -0.39 is 25.1 Å². The van der Waals surface area contributed by atoms with Gasteiger partial charge < -0.3 is 10.1 Å². The van der Waals surface area contributed by atoms with Gasteiger partial charge in [0, 0.05) is 18.7 Å². The fourth-order valence-corrected chi connectivity index (χ4v) is 7.08. The van der Waals surface area contributed by atoms with Crippen LogP contribution in [0, 0.1) is 0 Å². The summed E-state index contributed by atoms with van der Waals surface area (Å²) in [4.78, 5) is 0. The van der Waals surface area contributed by atoms with Crippen LogP contribution in [0.2, 0.25) is 0 Å². The molecule has 10 heteroatoms. The van der Waals surface area contributed by atoms with E-state index in [1.54, 1.807) is 0 Å². The zero-order valence-corrected chi connectivity index (χ0v) is 14.9. The molecule has 1 aromatic heterocycles. The Morgan fingerprint density at radius 2 is 2.18 bits per heavy atom. The minimum Gasteiger partial charge on any atom is -0.383 e. The second kappa shape index (κ2) is 6.54. The van der Waals surface area contributed by atoms with E-state index in [-0.39, 0.29) is 21.1 Å². The number of nitrogens with one attached hydrogen (secondary N) is 1. The van der Waals surface area contributed by atoms with Gasteiger partial charge >= 0.3 is 0 Å². The summed E-state index contributed by atoms with van der Waals surface area (Å²) in [5, 5.41) is 7.72. The summed E-state index contributed by atoms with van der Waals surface area (Å²) in [6.45, 7) is 2.79. The first-order valence-corrected chi connectivity index (χ1v) is 10.8. The van der Waals surface area contributed by atoms with E-state index in [2.05, 4.69) is 5.32 Å². The maximum Gasteiger partial charge on any atom is 0.247 e. The van der Waals surface area contributed by atoms with Crippen molar-refractivity contribution in [1.29, 1.82) is 0 Å². The first kappa shape index (κ1) is 17.8. The Labute approximate surface area is 134 Å². The van der Waals surface area contributed by atoms with Crippen LogP contribution in [-0.4, -0.2) is 42.3 Å². The van der Waals surface area contributed by atoms with Crippen LogP contribution in [-0.2, 0) is 24.6 Å². The van der Waals surface area contributed by atoms with Gasteiger partial charge in [-0.25, -0.2) is 22.0 Å². The Hall–Kier alpha value is -0.520. The van der Waals surface area contributed by atoms with Crippen molar-refractivity contribution < 1.29 is 21.6 Å². The molecule has 0 spiro atoms. The molecule has 0 bridgehead atoms. The van der Waals surface area contributed by atoms with Crippen LogP contribution < -0.4 is 10.5 Å². The molecular weight excluding hydrogens is 348 g/mol. The third-order valence-electron chi connectivity index (χ3n) is 3.55. The van der Waals surface area contributed by atoms with Gasteiger partial charge in [-0.1, -0.05) is 6.92 Å². The largest absolute Gasteiger partial charge is 0.383 e. The van der Waals surface area contributed by atoms with E-state index in [1.165, 1.54) is 13.2 Å². The van der Waals surface area contributed by atoms with Crippen LogP contribution in [0.15, 0.2) is 14.5 Å². The predicted molar refractivity (Wildman–Crippen MR) is 84.2 cm³/mol. The SMILES string of the molecule is CCCNC1CC(COC)S(=O)(=O)c2sc(S(N)(=O)=O)cc21. The lowest BCUT2D eigenvalue weighted by molar-refractivity contribution is 0.189. The van der Waals surface area contributed by atoms with Crippen LogP contribution in [0.4, 0.5) is 0 Å². The highest BCUT2D eigenvalue weighted by atomic mass is 32.3. The minimum atomic E-state index is -3.93. The van der Waals surface area contributed by atoms with Gasteiger partial charge in [0.15, 0.2) is 9.84 Å². The number of methoxy groups -OCH3 is 1. The monoisotopic (exact) mass is 368 g/mol. The molecule has 1 aliphatic heterocycles. The van der Waals surface area contributed by atoms with Gasteiger partial charge in [-0.15, -0.1) is 11.3 Å². The first-order valence-electron chi connectivity index (χ1n) is 6.84. The topological polar surface area (TPSA) is 116 Å². The van der Waals surface area contributed by atoms with Crippen LogP contribution in [0.25, 0.3) is 0 Å². The molecule has 2 heterocycles. The second-order valence-electron chi connectivity index (χ2n) is 5.22. The quantitative estimate of drug-likeness (QED) is 0.761. The lowest BCUT2D eigenvalue weighted by Crippen LogP contribution is -2.37. The van der Waals surface area contributed by atoms with Crippen molar-refractivity contribution in [2.24, 2.45) is 5.14 Å². The Morgan fingerprint density at radius 1 is 1.50 bits per heavy atom. The van der Waals surface area contributed by atoms with Crippen molar-refractivity contribution in [3.8, 4) is 0 Å². The highest BCUT2D eigenvalue weighted by molar-refractivity contribution is 7.95.